The molecule has 6 rings (SSSR count). The van der Waals surface area contributed by atoms with Gasteiger partial charge in [0.25, 0.3) is 0 Å². The molecule has 5 heterocycles. The molecular formula is C25H25N5O5S. The summed E-state index contributed by atoms with van der Waals surface area (Å²) in [5.74, 6) is 1.81. The van der Waals surface area contributed by atoms with Crippen molar-refractivity contribution in [2.24, 2.45) is 0 Å². The zero-order valence-corrected chi connectivity index (χ0v) is 20.5. The fraction of sp³-hybridized carbons (Fsp3) is 0.360. The number of ether oxygens (including phenoxy) is 3. The molecule has 36 heavy (non-hydrogen) atoms. The summed E-state index contributed by atoms with van der Waals surface area (Å²) in [6.07, 6.45) is 1.85. The largest absolute Gasteiger partial charge is 0.491 e. The van der Waals surface area contributed by atoms with Gasteiger partial charge < -0.3 is 24.8 Å². The average molecular weight is 508 g/mol. The summed E-state index contributed by atoms with van der Waals surface area (Å²) in [4.78, 5) is 35.9. The molecule has 0 radical (unpaired) electrons. The Balaban J connectivity index is 1.05. The van der Waals surface area contributed by atoms with Crippen molar-refractivity contribution in [1.29, 1.82) is 0 Å². The van der Waals surface area contributed by atoms with E-state index in [4.69, 9.17) is 14.2 Å². The van der Waals surface area contributed by atoms with Gasteiger partial charge in [-0.1, -0.05) is 0 Å². The van der Waals surface area contributed by atoms with Gasteiger partial charge in [-0.3, -0.25) is 14.7 Å². The van der Waals surface area contributed by atoms with Crippen molar-refractivity contribution in [3.8, 4) is 11.6 Å². The molecule has 2 amide bonds. The first kappa shape index (κ1) is 22.9. The second-order valence-corrected chi connectivity index (χ2v) is 9.91. The number of nitrogens with one attached hydrogen (secondary N) is 2. The lowest BCUT2D eigenvalue weighted by Crippen LogP contribution is -2.28. The van der Waals surface area contributed by atoms with Gasteiger partial charge in [-0.05, 0) is 37.2 Å². The second kappa shape index (κ2) is 9.47. The highest BCUT2D eigenvalue weighted by Crippen LogP contribution is 2.38. The van der Waals surface area contributed by atoms with Gasteiger partial charge in [-0.2, -0.15) is 0 Å². The predicted molar refractivity (Wildman–Crippen MR) is 135 cm³/mol. The first-order valence-corrected chi connectivity index (χ1v) is 12.8. The normalized spacial score (nSPS) is 20.5. The van der Waals surface area contributed by atoms with E-state index >= 15 is 0 Å². The van der Waals surface area contributed by atoms with Crippen molar-refractivity contribution in [3.05, 3.63) is 42.1 Å². The summed E-state index contributed by atoms with van der Waals surface area (Å²) in [6, 6.07) is 9.37. The van der Waals surface area contributed by atoms with Crippen molar-refractivity contribution in [1.82, 2.24) is 15.3 Å². The fourth-order valence-electron chi connectivity index (χ4n) is 4.77. The Morgan fingerprint density at radius 1 is 1.28 bits per heavy atom. The van der Waals surface area contributed by atoms with E-state index in [9.17, 15) is 9.59 Å². The number of cyclic esters (lactones) is 1. The molecule has 186 valence electrons. The van der Waals surface area contributed by atoms with Crippen LogP contribution in [0.2, 0.25) is 0 Å². The Kier molecular flexibility index (Phi) is 6.02. The first-order chi connectivity index (χ1) is 17.6. The lowest BCUT2D eigenvalue weighted by Gasteiger charge is -2.20. The van der Waals surface area contributed by atoms with Gasteiger partial charge in [-0.25, -0.2) is 9.78 Å². The first-order valence-electron chi connectivity index (χ1n) is 11.8. The molecule has 0 spiro atoms. The molecule has 1 fully saturated rings. The number of aromatic nitrogens is 2. The molecule has 0 unspecified atom stereocenters. The van der Waals surface area contributed by atoms with Gasteiger partial charge in [0.05, 0.1) is 43.4 Å². The minimum atomic E-state index is -0.369. The lowest BCUT2D eigenvalue weighted by molar-refractivity contribution is -0.113. The molecule has 1 saturated heterocycles. The number of nitrogens with zero attached hydrogens (tertiary/aromatic N) is 3. The topological polar surface area (TPSA) is 115 Å². The van der Waals surface area contributed by atoms with Crippen molar-refractivity contribution >= 4 is 46.2 Å². The van der Waals surface area contributed by atoms with Gasteiger partial charge in [0.15, 0.2) is 0 Å². The molecule has 2 aromatic heterocycles. The molecule has 0 aliphatic carbocycles. The number of hydrogen-bond donors (Lipinski definition) is 2. The van der Waals surface area contributed by atoms with Gasteiger partial charge in [-0.15, -0.1) is 11.8 Å². The third kappa shape index (κ3) is 4.28. The molecule has 3 aromatic rings. The Labute approximate surface area is 211 Å². The number of amides is 2. The predicted octanol–water partition coefficient (Wildman–Crippen LogP) is 3.16. The summed E-state index contributed by atoms with van der Waals surface area (Å²) in [7, 11) is 1.60. The van der Waals surface area contributed by atoms with E-state index in [0.29, 0.717) is 44.3 Å². The Bertz CT molecular complexity index is 1350. The van der Waals surface area contributed by atoms with Gasteiger partial charge in [0.1, 0.15) is 17.4 Å². The summed E-state index contributed by atoms with van der Waals surface area (Å²) >= 11 is 1.49. The Morgan fingerprint density at radius 3 is 3.08 bits per heavy atom. The van der Waals surface area contributed by atoms with Gasteiger partial charge >= 0.3 is 6.09 Å². The third-order valence-electron chi connectivity index (χ3n) is 6.56. The molecule has 10 nitrogen and oxygen atoms in total. The van der Waals surface area contributed by atoms with E-state index in [2.05, 4.69) is 20.6 Å². The van der Waals surface area contributed by atoms with Gasteiger partial charge in [0, 0.05) is 34.7 Å². The highest BCUT2D eigenvalue weighted by Gasteiger charge is 2.33. The van der Waals surface area contributed by atoms with Crippen molar-refractivity contribution < 1.29 is 23.8 Å². The van der Waals surface area contributed by atoms with Crippen LogP contribution in [0.5, 0.6) is 11.6 Å². The molecule has 3 aliphatic heterocycles. The zero-order chi connectivity index (χ0) is 24.6. The van der Waals surface area contributed by atoms with Crippen LogP contribution in [-0.4, -0.2) is 67.2 Å². The minimum absolute atomic E-state index is 0.0351. The standard InChI is InChI=1S/C25H25N5O5S/c1-33-22-5-3-17-24(29-22)23-14(12-34-19(23)10-27-17)9-26-7-6-16-11-30(25(32)35-16)15-2-4-20-18(8-15)28-21(31)13-36-20/h2-5,8,10,14,16,26H,6-7,9,11-13H2,1H3,(H,28,31)/t14-,16-/m0/s1. The summed E-state index contributed by atoms with van der Waals surface area (Å²) in [6.45, 7) is 2.42. The van der Waals surface area contributed by atoms with E-state index in [1.54, 1.807) is 24.3 Å². The number of rotatable bonds is 7. The summed E-state index contributed by atoms with van der Waals surface area (Å²) < 4.78 is 16.8. The minimum Gasteiger partial charge on any atom is -0.491 e. The number of thioether (sulfide) groups is 1. The highest BCUT2D eigenvalue weighted by molar-refractivity contribution is 8.00. The number of fused-ring (bicyclic) bond motifs is 4. The number of anilines is 2. The van der Waals surface area contributed by atoms with Crippen LogP contribution >= 0.6 is 11.8 Å². The van der Waals surface area contributed by atoms with Crippen LogP contribution in [0.4, 0.5) is 16.2 Å². The smallest absolute Gasteiger partial charge is 0.414 e. The molecule has 2 N–H and O–H groups in total. The third-order valence-corrected chi connectivity index (χ3v) is 7.64. The van der Waals surface area contributed by atoms with Crippen molar-refractivity contribution in [2.45, 2.75) is 23.3 Å². The maximum atomic E-state index is 12.5. The number of pyridine rings is 2. The maximum absolute atomic E-state index is 12.5. The fourth-order valence-corrected chi connectivity index (χ4v) is 5.56. The Hall–Kier alpha value is -3.57. The van der Waals surface area contributed by atoms with Crippen LogP contribution in [0.15, 0.2) is 41.4 Å². The number of benzene rings is 1. The van der Waals surface area contributed by atoms with Crippen LogP contribution in [0.1, 0.15) is 17.9 Å². The molecular weight excluding hydrogens is 482 g/mol. The van der Waals surface area contributed by atoms with E-state index in [1.807, 2.05) is 24.3 Å². The monoisotopic (exact) mass is 507 g/mol. The number of carbonyl (C=O) groups is 2. The van der Waals surface area contributed by atoms with E-state index in [-0.39, 0.29) is 24.0 Å². The average Bonchev–Trinajstić information content (AvgIpc) is 3.49. The number of carbonyl (C=O) groups excluding carboxylic acids is 2. The van der Waals surface area contributed by atoms with Crippen LogP contribution in [0.25, 0.3) is 11.0 Å². The SMILES string of the molecule is COc1ccc2ncc3c(c2n1)[C@@H](CNCC[C@H]1CN(c2ccc4c(c2)NC(=O)CS4)C(=O)O1)CO3. The molecule has 11 heteroatoms. The van der Waals surface area contributed by atoms with E-state index in [0.717, 1.165) is 38.6 Å². The molecule has 0 bridgehead atoms. The molecule has 0 saturated carbocycles. The molecule has 2 atom stereocenters. The molecule has 1 aromatic carbocycles. The zero-order valence-electron chi connectivity index (χ0n) is 19.7. The van der Waals surface area contributed by atoms with Crippen LogP contribution in [0.3, 0.4) is 0 Å². The van der Waals surface area contributed by atoms with E-state index < -0.39 is 0 Å². The molecule has 3 aliphatic rings. The number of hydrogen-bond acceptors (Lipinski definition) is 9. The second-order valence-electron chi connectivity index (χ2n) is 8.89. The number of methoxy groups -OCH3 is 1. The van der Waals surface area contributed by atoms with Crippen molar-refractivity contribution in [2.75, 3.05) is 49.3 Å². The van der Waals surface area contributed by atoms with E-state index in [1.165, 1.54) is 11.8 Å². The maximum Gasteiger partial charge on any atom is 0.414 e. The summed E-state index contributed by atoms with van der Waals surface area (Å²) in [5.41, 5.74) is 4.11. The highest BCUT2D eigenvalue weighted by atomic mass is 32.2. The van der Waals surface area contributed by atoms with Crippen LogP contribution in [0, 0.1) is 0 Å². The summed E-state index contributed by atoms with van der Waals surface area (Å²) in [5, 5.41) is 6.35. The van der Waals surface area contributed by atoms with Crippen LogP contribution in [-0.2, 0) is 9.53 Å². The Morgan fingerprint density at radius 2 is 2.19 bits per heavy atom. The lowest BCUT2D eigenvalue weighted by atomic mass is 10.00. The van der Waals surface area contributed by atoms with Crippen molar-refractivity contribution in [3.63, 3.8) is 0 Å². The van der Waals surface area contributed by atoms with Crippen LogP contribution < -0.4 is 25.0 Å². The quantitative estimate of drug-likeness (QED) is 0.465. The van der Waals surface area contributed by atoms with Gasteiger partial charge in [0.2, 0.25) is 11.8 Å².